The van der Waals surface area contributed by atoms with E-state index in [1.54, 1.807) is 0 Å². The lowest BCUT2D eigenvalue weighted by molar-refractivity contribution is 0.669. The number of para-hydroxylation sites is 5. The second kappa shape index (κ2) is 11.8. The molecule has 0 aliphatic carbocycles. The molecule has 0 aliphatic rings. The first-order chi connectivity index (χ1) is 28.8. The monoisotopic (exact) mass is 739 g/mol. The van der Waals surface area contributed by atoms with E-state index in [2.05, 4.69) is 202 Å². The van der Waals surface area contributed by atoms with Crippen LogP contribution >= 0.6 is 0 Å². The van der Waals surface area contributed by atoms with E-state index in [1.807, 2.05) is 12.1 Å². The fraction of sp³-hybridized carbons (Fsp3) is 0. The van der Waals surface area contributed by atoms with Crippen molar-refractivity contribution in [2.45, 2.75) is 0 Å². The Morgan fingerprint density at radius 2 is 0.690 bits per heavy atom. The molecule has 0 N–H and O–H groups in total. The molecule has 0 saturated carbocycles. The van der Waals surface area contributed by atoms with Crippen LogP contribution in [0.3, 0.4) is 0 Å². The first-order valence-corrected chi connectivity index (χ1v) is 19.8. The highest BCUT2D eigenvalue weighted by Crippen LogP contribution is 2.41. The third-order valence-corrected chi connectivity index (χ3v) is 12.2. The van der Waals surface area contributed by atoms with E-state index in [9.17, 15) is 0 Å². The van der Waals surface area contributed by atoms with E-state index in [-0.39, 0.29) is 0 Å². The van der Waals surface area contributed by atoms with Crippen LogP contribution in [0.5, 0.6) is 0 Å². The van der Waals surface area contributed by atoms with E-state index in [0.29, 0.717) is 0 Å². The van der Waals surface area contributed by atoms with Crippen LogP contribution in [0.1, 0.15) is 0 Å². The summed E-state index contributed by atoms with van der Waals surface area (Å²) in [7, 11) is 0. The summed E-state index contributed by atoms with van der Waals surface area (Å²) in [5.41, 5.74) is 14.8. The van der Waals surface area contributed by atoms with Crippen molar-refractivity contribution in [2.75, 3.05) is 0 Å². The number of benzene rings is 9. The molecule has 13 aromatic rings. The van der Waals surface area contributed by atoms with Gasteiger partial charge in [-0.15, -0.1) is 0 Å². The van der Waals surface area contributed by atoms with Gasteiger partial charge in [0.05, 0.1) is 33.1 Å². The number of hydrogen-bond donors (Lipinski definition) is 0. The predicted molar refractivity (Wildman–Crippen MR) is 242 cm³/mol. The molecule has 4 nitrogen and oxygen atoms in total. The molecule has 58 heavy (non-hydrogen) atoms. The molecule has 0 atom stereocenters. The zero-order valence-electron chi connectivity index (χ0n) is 31.3. The minimum Gasteiger partial charge on any atom is -0.456 e. The molecule has 0 saturated heterocycles. The molecule has 4 heterocycles. The SMILES string of the molecule is c1ccc(-n2c3ccccc3c3cc(-c4ccc5c6ccccc6n(-c6ccc7c(c6)c6ccccc6n7-c6ccc7oc8ccccc8c7c6)c5c4)ccc32)cc1. The summed E-state index contributed by atoms with van der Waals surface area (Å²) in [6.07, 6.45) is 0. The Morgan fingerprint density at radius 3 is 1.41 bits per heavy atom. The summed E-state index contributed by atoms with van der Waals surface area (Å²) in [4.78, 5) is 0. The normalized spacial score (nSPS) is 12.1. The summed E-state index contributed by atoms with van der Waals surface area (Å²) in [6, 6.07) is 72.6. The van der Waals surface area contributed by atoms with Crippen molar-refractivity contribution in [1.82, 2.24) is 13.7 Å². The number of aromatic nitrogens is 3. The minimum absolute atomic E-state index is 0.901. The van der Waals surface area contributed by atoms with Gasteiger partial charge in [-0.05, 0) is 102 Å². The van der Waals surface area contributed by atoms with Gasteiger partial charge in [0, 0.05) is 60.2 Å². The molecule has 0 aliphatic heterocycles. The lowest BCUT2D eigenvalue weighted by Gasteiger charge is -2.11. The van der Waals surface area contributed by atoms with Crippen molar-refractivity contribution in [3.63, 3.8) is 0 Å². The van der Waals surface area contributed by atoms with Gasteiger partial charge in [-0.1, -0.05) is 109 Å². The van der Waals surface area contributed by atoms with Crippen LogP contribution in [0.25, 0.3) is 116 Å². The Bertz CT molecular complexity index is 3800. The Labute approximate surface area is 332 Å². The Balaban J connectivity index is 1.01. The number of rotatable bonds is 4. The van der Waals surface area contributed by atoms with Crippen molar-refractivity contribution >= 4 is 87.4 Å². The molecule has 0 fully saturated rings. The Kier molecular flexibility index (Phi) is 6.41. The molecule has 0 spiro atoms. The topological polar surface area (TPSA) is 27.9 Å². The largest absolute Gasteiger partial charge is 0.456 e. The smallest absolute Gasteiger partial charge is 0.135 e. The van der Waals surface area contributed by atoms with E-state index in [4.69, 9.17) is 4.42 Å². The average molecular weight is 740 g/mol. The maximum atomic E-state index is 6.20. The van der Waals surface area contributed by atoms with Gasteiger partial charge in [-0.3, -0.25) is 0 Å². The maximum absolute atomic E-state index is 6.20. The lowest BCUT2D eigenvalue weighted by atomic mass is 10.0. The number of fused-ring (bicyclic) bond motifs is 12. The predicted octanol–water partition coefficient (Wildman–Crippen LogP) is 14.5. The van der Waals surface area contributed by atoms with Gasteiger partial charge in [0.25, 0.3) is 0 Å². The van der Waals surface area contributed by atoms with Gasteiger partial charge < -0.3 is 18.1 Å². The fourth-order valence-corrected chi connectivity index (χ4v) is 9.67. The van der Waals surface area contributed by atoms with Gasteiger partial charge in [-0.25, -0.2) is 0 Å². The van der Waals surface area contributed by atoms with E-state index in [1.165, 1.54) is 82.2 Å². The summed E-state index contributed by atoms with van der Waals surface area (Å²) < 4.78 is 13.4. The fourth-order valence-electron chi connectivity index (χ4n) is 9.67. The molecule has 0 amide bonds. The zero-order valence-corrected chi connectivity index (χ0v) is 31.3. The van der Waals surface area contributed by atoms with Gasteiger partial charge in [0.15, 0.2) is 0 Å². The van der Waals surface area contributed by atoms with Crippen LogP contribution in [0, 0.1) is 0 Å². The Morgan fingerprint density at radius 1 is 0.241 bits per heavy atom. The molecular formula is C54H33N3O. The van der Waals surface area contributed by atoms with E-state index in [0.717, 1.165) is 33.3 Å². The lowest BCUT2D eigenvalue weighted by Crippen LogP contribution is -1.96. The van der Waals surface area contributed by atoms with E-state index < -0.39 is 0 Å². The van der Waals surface area contributed by atoms with Gasteiger partial charge in [0.1, 0.15) is 11.2 Å². The molecule has 270 valence electrons. The van der Waals surface area contributed by atoms with Crippen molar-refractivity contribution in [2.24, 2.45) is 0 Å². The first-order valence-electron chi connectivity index (χ1n) is 19.8. The first kappa shape index (κ1) is 31.4. The third kappa shape index (κ3) is 4.40. The van der Waals surface area contributed by atoms with Gasteiger partial charge in [0.2, 0.25) is 0 Å². The van der Waals surface area contributed by atoms with Crippen molar-refractivity contribution in [3.05, 3.63) is 200 Å². The van der Waals surface area contributed by atoms with Crippen molar-refractivity contribution in [1.29, 1.82) is 0 Å². The molecule has 0 bridgehead atoms. The van der Waals surface area contributed by atoms with Crippen LogP contribution in [0.15, 0.2) is 205 Å². The molecule has 0 radical (unpaired) electrons. The molecule has 4 aromatic heterocycles. The number of hydrogen-bond acceptors (Lipinski definition) is 1. The Hall–Kier alpha value is -7.82. The summed E-state index contributed by atoms with van der Waals surface area (Å²) in [5, 5.41) is 9.68. The summed E-state index contributed by atoms with van der Waals surface area (Å²) >= 11 is 0. The van der Waals surface area contributed by atoms with Crippen LogP contribution in [0.4, 0.5) is 0 Å². The maximum Gasteiger partial charge on any atom is 0.135 e. The van der Waals surface area contributed by atoms with Gasteiger partial charge in [-0.2, -0.15) is 0 Å². The highest BCUT2D eigenvalue weighted by molar-refractivity contribution is 6.14. The highest BCUT2D eigenvalue weighted by atomic mass is 16.3. The highest BCUT2D eigenvalue weighted by Gasteiger charge is 2.19. The van der Waals surface area contributed by atoms with Crippen molar-refractivity contribution in [3.8, 4) is 28.2 Å². The van der Waals surface area contributed by atoms with Crippen LogP contribution in [-0.4, -0.2) is 13.7 Å². The second-order valence-corrected chi connectivity index (χ2v) is 15.3. The van der Waals surface area contributed by atoms with Crippen LogP contribution in [0.2, 0.25) is 0 Å². The van der Waals surface area contributed by atoms with E-state index >= 15 is 0 Å². The standard InChI is InChI=1S/C54H33N3O/c1-2-12-36(13-3-1)55-48-19-9-5-15-40(48)44-30-34(23-27-50(44)55)35-22-26-42-39-14-4-8-18-47(39)57(52(42)31-35)37-24-28-51-45(32-37)41-16-6-10-20-49(41)56(51)38-25-29-54-46(33-38)43-17-7-11-21-53(43)58-54/h1-33H. The molecular weight excluding hydrogens is 707 g/mol. The number of nitrogens with zero attached hydrogens (tertiary/aromatic N) is 3. The minimum atomic E-state index is 0.901. The molecule has 9 aromatic carbocycles. The van der Waals surface area contributed by atoms with Crippen LogP contribution in [-0.2, 0) is 0 Å². The molecule has 13 rings (SSSR count). The second-order valence-electron chi connectivity index (χ2n) is 15.3. The van der Waals surface area contributed by atoms with Crippen LogP contribution < -0.4 is 0 Å². The molecule has 0 unspecified atom stereocenters. The zero-order chi connectivity index (χ0) is 37.9. The summed E-state index contributed by atoms with van der Waals surface area (Å²) in [5.74, 6) is 0. The van der Waals surface area contributed by atoms with Crippen molar-refractivity contribution < 1.29 is 4.42 Å². The quantitative estimate of drug-likeness (QED) is 0.177. The number of furan rings is 1. The molecule has 4 heteroatoms. The average Bonchev–Trinajstić information content (AvgIpc) is 4.02. The summed E-state index contributed by atoms with van der Waals surface area (Å²) in [6.45, 7) is 0. The van der Waals surface area contributed by atoms with Gasteiger partial charge >= 0.3 is 0 Å². The third-order valence-electron chi connectivity index (χ3n) is 12.2.